The van der Waals surface area contributed by atoms with Crippen molar-refractivity contribution in [2.24, 2.45) is 0 Å². The van der Waals surface area contributed by atoms with Gasteiger partial charge in [0, 0.05) is 16.7 Å². The van der Waals surface area contributed by atoms with Crippen LogP contribution < -0.4 is 10.5 Å². The minimum absolute atomic E-state index is 0.732. The lowest BCUT2D eigenvalue weighted by Gasteiger charge is -2.17. The van der Waals surface area contributed by atoms with E-state index in [1.165, 1.54) is 10.8 Å². The molecule has 0 saturated heterocycles. The molecule has 0 bridgehead atoms. The van der Waals surface area contributed by atoms with Crippen molar-refractivity contribution in [1.29, 1.82) is 0 Å². The Morgan fingerprint density at radius 3 is 2.25 bits per heavy atom. The van der Waals surface area contributed by atoms with E-state index in [9.17, 15) is 0 Å². The summed E-state index contributed by atoms with van der Waals surface area (Å²) in [6.45, 7) is 7.92. The van der Waals surface area contributed by atoms with Crippen LogP contribution in [-0.2, 0) is 6.54 Å². The van der Waals surface area contributed by atoms with Crippen LogP contribution in [0.3, 0.4) is 0 Å². The summed E-state index contributed by atoms with van der Waals surface area (Å²) < 4.78 is 0.915. The Labute approximate surface area is 135 Å². The largest absolute Gasteiger partial charge is 0.381 e. The Morgan fingerprint density at radius 1 is 1.05 bits per heavy atom. The van der Waals surface area contributed by atoms with E-state index in [4.69, 9.17) is 11.6 Å². The Hall–Kier alpha value is -0.773. The van der Waals surface area contributed by atoms with Crippen molar-refractivity contribution < 1.29 is 0 Å². The van der Waals surface area contributed by atoms with E-state index < -0.39 is 8.07 Å². The summed E-state index contributed by atoms with van der Waals surface area (Å²) in [6, 6.07) is 14.8. The first-order valence-electron chi connectivity index (χ1n) is 6.64. The molecular formula is C16H19BrClNSi. The molecule has 0 radical (unpaired) electrons. The standard InChI is InChI=1S/C16H19BrClNSi/c1-20(2,3)14-7-4-12(5-8-14)11-19-13-6-9-16(18)15(17)10-13/h4-10,19H,11H2,1-3H3. The van der Waals surface area contributed by atoms with Gasteiger partial charge in [0.1, 0.15) is 0 Å². The molecule has 0 aromatic heterocycles. The van der Waals surface area contributed by atoms with Crippen molar-refractivity contribution in [3.05, 3.63) is 57.5 Å². The van der Waals surface area contributed by atoms with Crippen LogP contribution in [0.15, 0.2) is 46.9 Å². The summed E-state index contributed by atoms with van der Waals surface area (Å²) in [5.41, 5.74) is 2.36. The first kappa shape index (κ1) is 15.6. The molecule has 0 aliphatic carbocycles. The van der Waals surface area contributed by atoms with Crippen molar-refractivity contribution in [2.75, 3.05) is 5.32 Å². The van der Waals surface area contributed by atoms with E-state index in [1.807, 2.05) is 18.2 Å². The summed E-state index contributed by atoms with van der Waals surface area (Å²) in [7, 11) is -1.20. The molecule has 0 saturated carbocycles. The van der Waals surface area contributed by atoms with E-state index in [1.54, 1.807) is 0 Å². The van der Waals surface area contributed by atoms with Gasteiger partial charge in [-0.1, -0.05) is 60.7 Å². The monoisotopic (exact) mass is 367 g/mol. The summed E-state index contributed by atoms with van der Waals surface area (Å²) in [6.07, 6.45) is 0. The normalized spacial score (nSPS) is 11.4. The Morgan fingerprint density at radius 2 is 1.70 bits per heavy atom. The van der Waals surface area contributed by atoms with Crippen LogP contribution in [0.2, 0.25) is 24.7 Å². The summed E-state index contributed by atoms with van der Waals surface area (Å²) in [5.74, 6) is 0. The molecule has 0 aliphatic rings. The van der Waals surface area contributed by atoms with E-state index in [0.717, 1.165) is 21.7 Å². The molecular weight excluding hydrogens is 350 g/mol. The second kappa shape index (κ2) is 6.33. The average Bonchev–Trinajstić information content (AvgIpc) is 2.40. The van der Waals surface area contributed by atoms with Crippen molar-refractivity contribution in [3.63, 3.8) is 0 Å². The Kier molecular flexibility index (Phi) is 4.94. The van der Waals surface area contributed by atoms with Gasteiger partial charge >= 0.3 is 0 Å². The lowest BCUT2D eigenvalue weighted by molar-refractivity contribution is 1.15. The molecule has 4 heteroatoms. The third kappa shape index (κ3) is 4.11. The molecule has 2 rings (SSSR count). The highest BCUT2D eigenvalue weighted by Gasteiger charge is 2.15. The van der Waals surface area contributed by atoms with Gasteiger partial charge in [0.05, 0.1) is 13.1 Å². The van der Waals surface area contributed by atoms with Gasteiger partial charge in [0.15, 0.2) is 0 Å². The van der Waals surface area contributed by atoms with Gasteiger partial charge in [-0.3, -0.25) is 0 Å². The summed E-state index contributed by atoms with van der Waals surface area (Å²) in [4.78, 5) is 0. The minimum Gasteiger partial charge on any atom is -0.381 e. The molecule has 0 heterocycles. The van der Waals surface area contributed by atoms with Crippen LogP contribution in [0, 0.1) is 0 Å². The van der Waals surface area contributed by atoms with Gasteiger partial charge in [-0.2, -0.15) is 0 Å². The first-order chi connectivity index (χ1) is 9.36. The maximum atomic E-state index is 5.99. The molecule has 1 N–H and O–H groups in total. The predicted octanol–water partition coefficient (Wildman–Crippen LogP) is 5.26. The highest BCUT2D eigenvalue weighted by atomic mass is 79.9. The summed E-state index contributed by atoms with van der Waals surface area (Å²) >= 11 is 9.42. The molecule has 0 amide bonds. The maximum absolute atomic E-state index is 5.99. The molecule has 2 aromatic carbocycles. The quantitative estimate of drug-likeness (QED) is 0.726. The Bertz CT molecular complexity index is 590. The van der Waals surface area contributed by atoms with Gasteiger partial charge in [0.25, 0.3) is 0 Å². The molecule has 0 unspecified atom stereocenters. The molecule has 0 aliphatic heterocycles. The Balaban J connectivity index is 2.02. The minimum atomic E-state index is -1.20. The highest BCUT2D eigenvalue weighted by Crippen LogP contribution is 2.25. The molecule has 1 nitrogen and oxygen atoms in total. The predicted molar refractivity (Wildman–Crippen MR) is 95.9 cm³/mol. The zero-order chi connectivity index (χ0) is 14.8. The van der Waals surface area contributed by atoms with E-state index in [-0.39, 0.29) is 0 Å². The fourth-order valence-electron chi connectivity index (χ4n) is 1.93. The average molecular weight is 369 g/mol. The van der Waals surface area contributed by atoms with E-state index >= 15 is 0 Å². The zero-order valence-electron chi connectivity index (χ0n) is 12.0. The number of benzene rings is 2. The third-order valence-electron chi connectivity index (χ3n) is 3.24. The molecule has 106 valence electrons. The van der Waals surface area contributed by atoms with Crippen molar-refractivity contribution in [3.8, 4) is 0 Å². The molecule has 0 fully saturated rings. The molecule has 20 heavy (non-hydrogen) atoms. The fraction of sp³-hybridized carbons (Fsp3) is 0.250. The van der Waals surface area contributed by atoms with Crippen LogP contribution in [0.4, 0.5) is 5.69 Å². The van der Waals surface area contributed by atoms with Crippen molar-refractivity contribution in [1.82, 2.24) is 0 Å². The summed E-state index contributed by atoms with van der Waals surface area (Å²) in [5, 5.41) is 5.64. The number of rotatable bonds is 4. The second-order valence-corrected chi connectivity index (χ2v) is 12.3. The maximum Gasteiger partial charge on any atom is 0.0775 e. The van der Waals surface area contributed by atoms with Gasteiger partial charge < -0.3 is 5.32 Å². The number of anilines is 1. The van der Waals surface area contributed by atoms with Gasteiger partial charge in [-0.25, -0.2) is 0 Å². The lowest BCUT2D eigenvalue weighted by Crippen LogP contribution is -2.37. The van der Waals surface area contributed by atoms with Crippen molar-refractivity contribution >= 4 is 46.5 Å². The highest BCUT2D eigenvalue weighted by molar-refractivity contribution is 9.10. The molecule has 0 atom stereocenters. The van der Waals surface area contributed by atoms with E-state index in [0.29, 0.717) is 0 Å². The third-order valence-corrected chi connectivity index (χ3v) is 6.52. The SMILES string of the molecule is C[Si](C)(C)c1ccc(CNc2ccc(Cl)c(Br)c2)cc1. The van der Waals surface area contributed by atoms with Crippen LogP contribution in [0.1, 0.15) is 5.56 Å². The van der Waals surface area contributed by atoms with Crippen LogP contribution in [0.25, 0.3) is 0 Å². The second-order valence-electron chi connectivity index (χ2n) is 5.93. The lowest BCUT2D eigenvalue weighted by atomic mass is 10.2. The van der Waals surface area contributed by atoms with Crippen LogP contribution >= 0.6 is 27.5 Å². The fourth-order valence-corrected chi connectivity index (χ4v) is 3.60. The topological polar surface area (TPSA) is 12.0 Å². The van der Waals surface area contributed by atoms with E-state index in [2.05, 4.69) is 65.2 Å². The smallest absolute Gasteiger partial charge is 0.0775 e. The van der Waals surface area contributed by atoms with Gasteiger partial charge in [-0.05, 0) is 39.7 Å². The molecule has 2 aromatic rings. The van der Waals surface area contributed by atoms with Crippen LogP contribution in [-0.4, -0.2) is 8.07 Å². The first-order valence-corrected chi connectivity index (χ1v) is 11.3. The zero-order valence-corrected chi connectivity index (χ0v) is 15.3. The number of hydrogen-bond acceptors (Lipinski definition) is 1. The molecule has 0 spiro atoms. The van der Waals surface area contributed by atoms with Gasteiger partial charge in [0.2, 0.25) is 0 Å². The van der Waals surface area contributed by atoms with Crippen molar-refractivity contribution in [2.45, 2.75) is 26.2 Å². The van der Waals surface area contributed by atoms with Gasteiger partial charge in [-0.15, -0.1) is 0 Å². The number of nitrogens with one attached hydrogen (secondary N) is 1. The number of hydrogen-bond donors (Lipinski definition) is 1. The van der Waals surface area contributed by atoms with Crippen LogP contribution in [0.5, 0.6) is 0 Å². The number of halogens is 2.